The summed E-state index contributed by atoms with van der Waals surface area (Å²) in [5.41, 5.74) is 9.11. The molecule has 3 aliphatic rings. The Morgan fingerprint density at radius 1 is 0.844 bits per heavy atom. The van der Waals surface area contributed by atoms with Crippen molar-refractivity contribution in [2.45, 2.75) is 70.4 Å². The van der Waals surface area contributed by atoms with E-state index in [0.29, 0.717) is 6.17 Å². The van der Waals surface area contributed by atoms with E-state index in [1.54, 1.807) is 11.1 Å². The number of rotatable bonds is 1. The summed E-state index contributed by atoms with van der Waals surface area (Å²) in [6, 6.07) is 18.6. The van der Waals surface area contributed by atoms with Gasteiger partial charge in [0.2, 0.25) is 0 Å². The fraction of sp³-hybridized carbons (Fsp3) is 0.400. The van der Waals surface area contributed by atoms with Crippen molar-refractivity contribution >= 4 is 16.5 Å². The van der Waals surface area contributed by atoms with Gasteiger partial charge in [0.25, 0.3) is 0 Å². The lowest BCUT2D eigenvalue weighted by Crippen LogP contribution is -2.51. The van der Waals surface area contributed by atoms with Crippen molar-refractivity contribution in [3.05, 3.63) is 77.6 Å². The van der Waals surface area contributed by atoms with E-state index >= 15 is 0 Å². The summed E-state index contributed by atoms with van der Waals surface area (Å²) in [5, 5.41) is 2.71. The lowest BCUT2D eigenvalue weighted by atomic mass is 9.48. The van der Waals surface area contributed by atoms with E-state index in [2.05, 4.69) is 105 Å². The second-order valence-electron chi connectivity index (χ2n) is 10.8. The van der Waals surface area contributed by atoms with E-state index in [-0.39, 0.29) is 10.8 Å². The quantitative estimate of drug-likeness (QED) is 0.401. The van der Waals surface area contributed by atoms with Gasteiger partial charge in [-0.1, -0.05) is 63.1 Å². The van der Waals surface area contributed by atoms with Crippen LogP contribution in [0.4, 0.5) is 5.69 Å². The van der Waals surface area contributed by atoms with Crippen LogP contribution < -0.4 is 4.90 Å². The average molecular weight is 423 g/mol. The average Bonchev–Trinajstić information content (AvgIpc) is 3.12. The predicted molar refractivity (Wildman–Crippen MR) is 136 cm³/mol. The largest absolute Gasteiger partial charge is 0.359 e. The highest BCUT2D eigenvalue weighted by molar-refractivity contribution is 5.94. The molecule has 3 aromatic carbocycles. The molecule has 0 amide bonds. The molecule has 0 radical (unpaired) electrons. The lowest BCUT2D eigenvalue weighted by Gasteiger charge is -2.56. The van der Waals surface area contributed by atoms with E-state index in [4.69, 9.17) is 0 Å². The summed E-state index contributed by atoms with van der Waals surface area (Å²) in [7, 11) is 2.18. The summed E-state index contributed by atoms with van der Waals surface area (Å²) in [6.45, 7) is 9.74. The van der Waals surface area contributed by atoms with Gasteiger partial charge in [0.05, 0.1) is 0 Å². The summed E-state index contributed by atoms with van der Waals surface area (Å²) < 4.78 is 0. The number of anilines is 1. The molecule has 164 valence electrons. The number of aryl methyl sites for hydroxylation is 1. The minimum absolute atomic E-state index is 0.117. The molecule has 32 heavy (non-hydrogen) atoms. The first kappa shape index (κ1) is 19.9. The van der Waals surface area contributed by atoms with E-state index in [9.17, 15) is 0 Å². The van der Waals surface area contributed by atoms with E-state index in [0.717, 1.165) is 0 Å². The van der Waals surface area contributed by atoms with E-state index in [1.165, 1.54) is 58.8 Å². The van der Waals surface area contributed by atoms with Gasteiger partial charge in [0, 0.05) is 36.0 Å². The molecular weight excluding hydrogens is 388 g/mol. The third-order valence-electron chi connectivity index (χ3n) is 9.24. The number of hydrogen-bond acceptors (Lipinski definition) is 2. The van der Waals surface area contributed by atoms with Crippen LogP contribution in [0.1, 0.15) is 63.1 Å². The molecule has 1 fully saturated rings. The first-order valence-corrected chi connectivity index (χ1v) is 12.2. The van der Waals surface area contributed by atoms with Crippen molar-refractivity contribution in [3.63, 3.8) is 0 Å². The van der Waals surface area contributed by atoms with Crippen LogP contribution in [0, 0.1) is 6.92 Å². The van der Waals surface area contributed by atoms with Gasteiger partial charge in [0.15, 0.2) is 0 Å². The van der Waals surface area contributed by atoms with Gasteiger partial charge in [-0.05, 0) is 77.4 Å². The zero-order valence-electron chi connectivity index (χ0n) is 20.1. The number of benzene rings is 3. The zero-order valence-corrected chi connectivity index (χ0v) is 20.1. The van der Waals surface area contributed by atoms with Gasteiger partial charge in [-0.3, -0.25) is 0 Å². The van der Waals surface area contributed by atoms with Gasteiger partial charge in [0.1, 0.15) is 6.17 Å². The third-order valence-corrected chi connectivity index (χ3v) is 9.24. The molecule has 2 heteroatoms. The van der Waals surface area contributed by atoms with Crippen molar-refractivity contribution in [2.24, 2.45) is 0 Å². The molecule has 0 bridgehead atoms. The topological polar surface area (TPSA) is 6.48 Å². The van der Waals surface area contributed by atoms with Crippen LogP contribution in [0.15, 0.2) is 60.9 Å². The minimum Gasteiger partial charge on any atom is -0.359 e. The number of fused-ring (bicyclic) bond motifs is 7. The summed E-state index contributed by atoms with van der Waals surface area (Å²) in [4.78, 5) is 4.83. The van der Waals surface area contributed by atoms with Gasteiger partial charge in [-0.15, -0.1) is 0 Å². The van der Waals surface area contributed by atoms with Crippen LogP contribution in [0.2, 0.25) is 0 Å². The fourth-order valence-corrected chi connectivity index (χ4v) is 6.96. The molecule has 1 saturated carbocycles. The maximum Gasteiger partial charge on any atom is 0.102 e. The molecule has 2 nitrogen and oxygen atoms in total. The monoisotopic (exact) mass is 422 g/mol. The summed E-state index contributed by atoms with van der Waals surface area (Å²) in [6.07, 6.45) is 9.97. The molecule has 3 atom stereocenters. The standard InChI is InChI=1S/C30H34N2/c1-20-12-13-24-25-18-22-10-6-7-11-23(22)19-26(25)29(3)14-8-9-15-30(29,4)27(24)28(20)32-17-16-31(5)21(32)2/h6-7,10-13,16-19,21H,8-9,14-15H2,1-5H3/t21-,29?,30?/m0/s1. The van der Waals surface area contributed by atoms with Gasteiger partial charge < -0.3 is 9.80 Å². The number of nitrogens with zero attached hydrogens (tertiary/aromatic N) is 2. The Morgan fingerprint density at radius 2 is 1.53 bits per heavy atom. The Bertz CT molecular complexity index is 1270. The highest BCUT2D eigenvalue weighted by Gasteiger charge is 2.54. The van der Waals surface area contributed by atoms with Crippen molar-refractivity contribution in [1.82, 2.24) is 4.90 Å². The Labute approximate surface area is 192 Å². The van der Waals surface area contributed by atoms with E-state index in [1.807, 2.05) is 0 Å². The lowest BCUT2D eigenvalue weighted by molar-refractivity contribution is 0.169. The van der Waals surface area contributed by atoms with Crippen LogP contribution in [-0.2, 0) is 10.8 Å². The van der Waals surface area contributed by atoms with Crippen molar-refractivity contribution < 1.29 is 0 Å². The van der Waals surface area contributed by atoms with Crippen LogP contribution in [0.3, 0.4) is 0 Å². The molecule has 0 spiro atoms. The summed E-state index contributed by atoms with van der Waals surface area (Å²) >= 11 is 0. The molecule has 1 aliphatic heterocycles. The molecular formula is C30H34N2. The zero-order chi connectivity index (χ0) is 22.3. The smallest absolute Gasteiger partial charge is 0.102 e. The van der Waals surface area contributed by atoms with Crippen LogP contribution in [0.5, 0.6) is 0 Å². The SMILES string of the molecule is Cc1ccc2c(c1N1C=CN(C)[C@@H]1C)C1(C)CCCCC1(C)c1cc3ccccc3cc1-2. The maximum atomic E-state index is 2.57. The minimum atomic E-state index is 0.117. The predicted octanol–water partition coefficient (Wildman–Crippen LogP) is 7.49. The Hall–Kier alpha value is -2.74. The van der Waals surface area contributed by atoms with Gasteiger partial charge in [-0.2, -0.15) is 0 Å². The third kappa shape index (κ3) is 2.41. The van der Waals surface area contributed by atoms with Crippen LogP contribution in [0.25, 0.3) is 21.9 Å². The molecule has 2 aliphatic carbocycles. The van der Waals surface area contributed by atoms with Crippen molar-refractivity contribution in [1.29, 1.82) is 0 Å². The molecule has 1 heterocycles. The Morgan fingerprint density at radius 3 is 2.22 bits per heavy atom. The first-order valence-electron chi connectivity index (χ1n) is 12.2. The molecule has 6 rings (SSSR count). The Kier molecular flexibility index (Phi) is 4.13. The fourth-order valence-electron chi connectivity index (χ4n) is 6.96. The van der Waals surface area contributed by atoms with Gasteiger partial charge in [-0.25, -0.2) is 0 Å². The molecule has 3 aromatic rings. The maximum absolute atomic E-state index is 2.57. The highest BCUT2D eigenvalue weighted by Crippen LogP contribution is 2.63. The molecule has 2 unspecified atom stereocenters. The van der Waals surface area contributed by atoms with E-state index < -0.39 is 0 Å². The first-order chi connectivity index (χ1) is 15.3. The van der Waals surface area contributed by atoms with Gasteiger partial charge >= 0.3 is 0 Å². The van der Waals surface area contributed by atoms with Crippen molar-refractivity contribution in [3.8, 4) is 11.1 Å². The Balaban J connectivity index is 1.73. The molecule has 0 N–H and O–H groups in total. The van der Waals surface area contributed by atoms with Crippen LogP contribution in [-0.4, -0.2) is 18.1 Å². The second kappa shape index (κ2) is 6.63. The molecule has 0 aromatic heterocycles. The van der Waals surface area contributed by atoms with Crippen LogP contribution >= 0.6 is 0 Å². The second-order valence-corrected chi connectivity index (χ2v) is 10.8. The normalized spacial score (nSPS) is 28.6. The number of hydrogen-bond donors (Lipinski definition) is 0. The molecule has 0 saturated heterocycles. The van der Waals surface area contributed by atoms with Crippen molar-refractivity contribution in [2.75, 3.05) is 11.9 Å². The summed E-state index contributed by atoms with van der Waals surface area (Å²) in [5.74, 6) is 0. The highest BCUT2D eigenvalue weighted by atomic mass is 15.4.